The van der Waals surface area contributed by atoms with Gasteiger partial charge in [-0.2, -0.15) is 0 Å². The molecule has 0 amide bonds. The average molecular weight is 373 g/mol. The van der Waals surface area contributed by atoms with Gasteiger partial charge in [0.05, 0.1) is 7.11 Å². The fourth-order valence-electron chi connectivity index (χ4n) is 5.25. The lowest BCUT2D eigenvalue weighted by Crippen LogP contribution is -2.26. The van der Waals surface area contributed by atoms with Crippen molar-refractivity contribution in [3.05, 3.63) is 29.3 Å². The van der Waals surface area contributed by atoms with Gasteiger partial charge in [-0.15, -0.1) is 0 Å². The van der Waals surface area contributed by atoms with Gasteiger partial charge in [-0.1, -0.05) is 64.0 Å². The van der Waals surface area contributed by atoms with Crippen molar-refractivity contribution in [1.29, 1.82) is 0 Å². The molecule has 150 valence electrons. The minimum Gasteiger partial charge on any atom is -0.482 e. The first-order valence-corrected chi connectivity index (χ1v) is 11.0. The number of ether oxygens (including phenoxy) is 2. The number of carbonyl (C=O) groups is 1. The standard InChI is InChI=1S/C24H36O3/c1-3-4-5-6-7-8-10-18-13-14-20-16-22-19(15-21(18)20)11-9-12-23(22)27-17-24(25)26-2/h9,11-12,18,20-21H,3-8,10,13-17H2,1-2H3. The minimum absolute atomic E-state index is 0.00169. The van der Waals surface area contributed by atoms with E-state index in [2.05, 4.69) is 19.1 Å². The number of carbonyl (C=O) groups excluding carboxylic acids is 1. The molecule has 0 bridgehead atoms. The van der Waals surface area contributed by atoms with Gasteiger partial charge in [-0.05, 0) is 60.6 Å². The summed E-state index contributed by atoms with van der Waals surface area (Å²) in [5.74, 6) is 3.13. The van der Waals surface area contributed by atoms with Crippen LogP contribution in [0.15, 0.2) is 18.2 Å². The lowest BCUT2D eigenvalue weighted by Gasteiger charge is -2.32. The Morgan fingerprint density at radius 3 is 2.70 bits per heavy atom. The first kappa shape index (κ1) is 20.2. The summed E-state index contributed by atoms with van der Waals surface area (Å²) < 4.78 is 10.5. The van der Waals surface area contributed by atoms with Crippen molar-refractivity contribution in [1.82, 2.24) is 0 Å². The van der Waals surface area contributed by atoms with Crippen molar-refractivity contribution >= 4 is 5.97 Å². The molecule has 0 spiro atoms. The summed E-state index contributed by atoms with van der Waals surface area (Å²) in [5, 5.41) is 0. The second-order valence-electron chi connectivity index (χ2n) is 8.48. The Kier molecular flexibility index (Phi) is 7.60. The Bertz CT molecular complexity index is 610. The Morgan fingerprint density at radius 2 is 1.89 bits per heavy atom. The molecule has 27 heavy (non-hydrogen) atoms. The van der Waals surface area contributed by atoms with Crippen molar-refractivity contribution in [2.75, 3.05) is 13.7 Å². The fraction of sp³-hybridized carbons (Fsp3) is 0.708. The molecule has 1 aromatic rings. The first-order valence-electron chi connectivity index (χ1n) is 11.0. The number of rotatable bonds is 10. The number of fused-ring (bicyclic) bond motifs is 2. The summed E-state index contributed by atoms with van der Waals surface area (Å²) in [6.07, 6.45) is 14.9. The highest BCUT2D eigenvalue weighted by Crippen LogP contribution is 2.48. The number of esters is 1. The zero-order valence-electron chi connectivity index (χ0n) is 17.2. The Labute approximate surface area is 164 Å². The van der Waals surface area contributed by atoms with Crippen LogP contribution in [0, 0.1) is 17.8 Å². The number of methoxy groups -OCH3 is 1. The molecule has 1 fully saturated rings. The van der Waals surface area contributed by atoms with Gasteiger partial charge >= 0.3 is 5.97 Å². The third-order valence-corrected chi connectivity index (χ3v) is 6.77. The monoisotopic (exact) mass is 372 g/mol. The predicted molar refractivity (Wildman–Crippen MR) is 109 cm³/mol. The highest BCUT2D eigenvalue weighted by atomic mass is 16.6. The topological polar surface area (TPSA) is 35.5 Å². The van der Waals surface area contributed by atoms with E-state index >= 15 is 0 Å². The van der Waals surface area contributed by atoms with E-state index in [1.807, 2.05) is 6.07 Å². The van der Waals surface area contributed by atoms with Crippen LogP contribution in [-0.4, -0.2) is 19.7 Å². The fourth-order valence-corrected chi connectivity index (χ4v) is 5.25. The molecule has 1 saturated carbocycles. The van der Waals surface area contributed by atoms with E-state index in [0.29, 0.717) is 0 Å². The van der Waals surface area contributed by atoms with Gasteiger partial charge in [-0.3, -0.25) is 0 Å². The molecular weight excluding hydrogens is 336 g/mol. The SMILES string of the molecule is CCCCCCCCC1CCC2Cc3c(cccc3OCC(=O)OC)CC12. The third kappa shape index (κ3) is 5.27. The molecule has 0 N–H and O–H groups in total. The lowest BCUT2D eigenvalue weighted by atomic mass is 9.73. The molecule has 2 aliphatic rings. The molecule has 3 unspecified atom stereocenters. The molecule has 0 heterocycles. The van der Waals surface area contributed by atoms with Crippen LogP contribution in [0.25, 0.3) is 0 Å². The van der Waals surface area contributed by atoms with Gasteiger partial charge in [-0.25, -0.2) is 4.79 Å². The van der Waals surface area contributed by atoms with Crippen LogP contribution in [0.2, 0.25) is 0 Å². The summed E-state index contributed by atoms with van der Waals surface area (Å²) in [6, 6.07) is 6.34. The van der Waals surface area contributed by atoms with Crippen LogP contribution >= 0.6 is 0 Å². The van der Waals surface area contributed by atoms with E-state index in [4.69, 9.17) is 9.47 Å². The van der Waals surface area contributed by atoms with Crippen LogP contribution < -0.4 is 4.74 Å². The van der Waals surface area contributed by atoms with Crippen molar-refractivity contribution in [2.24, 2.45) is 17.8 Å². The number of hydrogen-bond acceptors (Lipinski definition) is 3. The van der Waals surface area contributed by atoms with Gasteiger partial charge < -0.3 is 9.47 Å². The maximum atomic E-state index is 11.4. The summed E-state index contributed by atoms with van der Waals surface area (Å²) in [5.41, 5.74) is 2.77. The molecule has 1 aromatic carbocycles. The zero-order chi connectivity index (χ0) is 19.1. The minimum atomic E-state index is -0.318. The second-order valence-corrected chi connectivity index (χ2v) is 8.48. The lowest BCUT2D eigenvalue weighted by molar-refractivity contribution is -0.142. The Morgan fingerprint density at radius 1 is 1.07 bits per heavy atom. The van der Waals surface area contributed by atoms with Gasteiger partial charge in [0, 0.05) is 0 Å². The summed E-state index contributed by atoms with van der Waals surface area (Å²) in [6.45, 7) is 2.28. The van der Waals surface area contributed by atoms with Crippen molar-refractivity contribution < 1.29 is 14.3 Å². The summed E-state index contributed by atoms with van der Waals surface area (Å²) in [4.78, 5) is 11.4. The van der Waals surface area contributed by atoms with E-state index in [9.17, 15) is 4.79 Å². The van der Waals surface area contributed by atoms with Gasteiger partial charge in [0.2, 0.25) is 0 Å². The maximum Gasteiger partial charge on any atom is 0.343 e. The van der Waals surface area contributed by atoms with Crippen LogP contribution in [0.1, 0.15) is 75.8 Å². The molecule has 0 aromatic heterocycles. The van der Waals surface area contributed by atoms with Crippen LogP contribution in [0.3, 0.4) is 0 Å². The van der Waals surface area contributed by atoms with Crippen molar-refractivity contribution in [2.45, 2.75) is 77.6 Å². The molecule has 2 aliphatic carbocycles. The molecule has 3 nitrogen and oxygen atoms in total. The van der Waals surface area contributed by atoms with Crippen molar-refractivity contribution in [3.63, 3.8) is 0 Å². The quantitative estimate of drug-likeness (QED) is 0.389. The molecule has 0 aliphatic heterocycles. The number of benzene rings is 1. The molecule has 0 saturated heterocycles. The highest BCUT2D eigenvalue weighted by molar-refractivity contribution is 5.71. The second kappa shape index (κ2) is 10.1. The Balaban J connectivity index is 1.54. The van der Waals surface area contributed by atoms with E-state index < -0.39 is 0 Å². The van der Waals surface area contributed by atoms with E-state index in [-0.39, 0.29) is 12.6 Å². The van der Waals surface area contributed by atoms with Gasteiger partial charge in [0.1, 0.15) is 5.75 Å². The smallest absolute Gasteiger partial charge is 0.343 e. The maximum absolute atomic E-state index is 11.4. The summed E-state index contributed by atoms with van der Waals surface area (Å²) in [7, 11) is 1.40. The Hall–Kier alpha value is -1.51. The van der Waals surface area contributed by atoms with Crippen LogP contribution in [0.4, 0.5) is 0 Å². The highest BCUT2D eigenvalue weighted by Gasteiger charge is 2.39. The number of hydrogen-bond donors (Lipinski definition) is 0. The van der Waals surface area contributed by atoms with Crippen LogP contribution in [-0.2, 0) is 22.4 Å². The largest absolute Gasteiger partial charge is 0.482 e. The first-order chi connectivity index (χ1) is 13.2. The van der Waals surface area contributed by atoms with E-state index in [1.54, 1.807) is 0 Å². The molecule has 3 rings (SSSR count). The number of unbranched alkanes of at least 4 members (excludes halogenated alkanes) is 5. The molecule has 3 atom stereocenters. The van der Waals surface area contributed by atoms with E-state index in [0.717, 1.165) is 29.9 Å². The molecular formula is C24H36O3. The van der Waals surface area contributed by atoms with Crippen LogP contribution in [0.5, 0.6) is 5.75 Å². The zero-order valence-corrected chi connectivity index (χ0v) is 17.2. The predicted octanol–water partition coefficient (Wildman–Crippen LogP) is 5.73. The molecule has 0 radical (unpaired) electrons. The molecule has 3 heteroatoms. The third-order valence-electron chi connectivity index (χ3n) is 6.77. The normalized spacial score (nSPS) is 23.6. The average Bonchev–Trinajstić information content (AvgIpc) is 3.09. The van der Waals surface area contributed by atoms with Crippen molar-refractivity contribution in [3.8, 4) is 5.75 Å². The van der Waals surface area contributed by atoms with Gasteiger partial charge in [0.15, 0.2) is 6.61 Å². The summed E-state index contributed by atoms with van der Waals surface area (Å²) >= 11 is 0. The van der Waals surface area contributed by atoms with E-state index in [1.165, 1.54) is 82.4 Å². The van der Waals surface area contributed by atoms with Gasteiger partial charge in [0.25, 0.3) is 0 Å².